The van der Waals surface area contributed by atoms with Gasteiger partial charge in [-0.05, 0) is 42.1 Å². The molecule has 0 fully saturated rings. The summed E-state index contributed by atoms with van der Waals surface area (Å²) in [7, 11) is 1.31. The molecular formula is C16H11ClN4O3S. The zero-order chi connectivity index (χ0) is 17.6. The largest absolute Gasteiger partial charge is 0.465 e. The van der Waals surface area contributed by atoms with E-state index in [0.29, 0.717) is 31.7 Å². The highest BCUT2D eigenvalue weighted by Crippen LogP contribution is 2.33. The van der Waals surface area contributed by atoms with Crippen LogP contribution in [-0.4, -0.2) is 33.0 Å². The molecule has 4 rings (SSSR count). The minimum Gasteiger partial charge on any atom is -0.465 e. The van der Waals surface area contributed by atoms with Gasteiger partial charge in [0.25, 0.3) is 0 Å². The van der Waals surface area contributed by atoms with Gasteiger partial charge in [-0.1, -0.05) is 11.6 Å². The van der Waals surface area contributed by atoms with Crippen LogP contribution in [0.2, 0.25) is 5.02 Å². The lowest BCUT2D eigenvalue weighted by atomic mass is 10.2. The number of nitrogens with zero attached hydrogens (tertiary/aromatic N) is 1. The summed E-state index contributed by atoms with van der Waals surface area (Å²) in [4.78, 5) is 37.2. The van der Waals surface area contributed by atoms with Crippen molar-refractivity contribution in [3.63, 3.8) is 0 Å². The maximum atomic E-state index is 11.9. The first kappa shape index (κ1) is 15.8. The maximum absolute atomic E-state index is 11.9. The second kappa shape index (κ2) is 5.98. The minimum atomic E-state index is -0.484. The van der Waals surface area contributed by atoms with Gasteiger partial charge < -0.3 is 19.7 Å². The first-order valence-corrected chi connectivity index (χ1v) is 8.40. The molecule has 25 heavy (non-hydrogen) atoms. The Morgan fingerprint density at radius 1 is 1.16 bits per heavy atom. The van der Waals surface area contributed by atoms with Crippen molar-refractivity contribution in [1.29, 1.82) is 0 Å². The number of esters is 1. The van der Waals surface area contributed by atoms with Crippen molar-refractivity contribution < 1.29 is 9.53 Å². The summed E-state index contributed by atoms with van der Waals surface area (Å²) in [5, 5.41) is 1.22. The van der Waals surface area contributed by atoms with Crippen molar-refractivity contribution in [2.24, 2.45) is 0 Å². The van der Waals surface area contributed by atoms with Gasteiger partial charge >= 0.3 is 11.7 Å². The van der Waals surface area contributed by atoms with Gasteiger partial charge in [-0.3, -0.25) is 0 Å². The van der Waals surface area contributed by atoms with Gasteiger partial charge in [-0.2, -0.15) is 0 Å². The average Bonchev–Trinajstić information content (AvgIpc) is 3.15. The summed E-state index contributed by atoms with van der Waals surface area (Å²) >= 11 is 7.29. The standard InChI is InChI=1S/C16H11ClN4O3S/c1-24-14(22)7-4-11-13(21-15(23)18-11)12(5-7)25-16-19-9-3-2-8(17)6-10(9)20-16/h2-6H,1H3,(H,19,20)(H2,18,21,23). The number of carbonyl (C=O) groups excluding carboxylic acids is 1. The Hall–Kier alpha value is -2.71. The third-order valence-corrected chi connectivity index (χ3v) is 4.80. The number of methoxy groups -OCH3 is 1. The molecule has 2 aromatic heterocycles. The van der Waals surface area contributed by atoms with E-state index in [1.54, 1.807) is 24.3 Å². The van der Waals surface area contributed by atoms with E-state index in [2.05, 4.69) is 19.9 Å². The maximum Gasteiger partial charge on any atom is 0.337 e. The number of aromatic amines is 3. The number of imidazole rings is 2. The zero-order valence-corrected chi connectivity index (χ0v) is 14.4. The van der Waals surface area contributed by atoms with Gasteiger partial charge in [0, 0.05) is 9.92 Å². The molecule has 2 aromatic carbocycles. The number of rotatable bonds is 3. The number of aromatic nitrogens is 4. The van der Waals surface area contributed by atoms with Crippen LogP contribution in [0.5, 0.6) is 0 Å². The van der Waals surface area contributed by atoms with Gasteiger partial charge in [0.2, 0.25) is 0 Å². The van der Waals surface area contributed by atoms with Gasteiger partial charge in [-0.25, -0.2) is 14.6 Å². The van der Waals surface area contributed by atoms with Crippen LogP contribution in [0.4, 0.5) is 0 Å². The number of fused-ring (bicyclic) bond motifs is 2. The van der Waals surface area contributed by atoms with Crippen molar-refractivity contribution in [1.82, 2.24) is 19.9 Å². The molecule has 0 saturated carbocycles. The Kier molecular flexibility index (Phi) is 3.78. The topological polar surface area (TPSA) is 104 Å². The van der Waals surface area contributed by atoms with Gasteiger partial charge in [0.1, 0.15) is 0 Å². The molecule has 0 saturated heterocycles. The second-order valence-corrected chi connectivity index (χ2v) is 6.74. The molecule has 126 valence electrons. The summed E-state index contributed by atoms with van der Waals surface area (Å²) < 4.78 is 4.77. The van der Waals surface area contributed by atoms with E-state index < -0.39 is 5.97 Å². The van der Waals surface area contributed by atoms with Crippen LogP contribution in [0.1, 0.15) is 10.4 Å². The predicted octanol–water partition coefficient (Wildman–Crippen LogP) is 3.32. The van der Waals surface area contributed by atoms with Crippen LogP contribution in [0.25, 0.3) is 22.1 Å². The molecule has 3 N–H and O–H groups in total. The lowest BCUT2D eigenvalue weighted by Gasteiger charge is -2.04. The van der Waals surface area contributed by atoms with E-state index >= 15 is 0 Å². The summed E-state index contributed by atoms with van der Waals surface area (Å²) in [6, 6.07) is 8.59. The van der Waals surface area contributed by atoms with E-state index in [1.165, 1.54) is 18.9 Å². The zero-order valence-electron chi connectivity index (χ0n) is 12.8. The quantitative estimate of drug-likeness (QED) is 0.477. The molecule has 0 atom stereocenters. The third kappa shape index (κ3) is 2.90. The number of hydrogen-bond donors (Lipinski definition) is 3. The van der Waals surface area contributed by atoms with Crippen molar-refractivity contribution in [3.05, 3.63) is 51.4 Å². The number of H-pyrrole nitrogens is 3. The van der Waals surface area contributed by atoms with Crippen molar-refractivity contribution in [3.8, 4) is 0 Å². The fourth-order valence-electron chi connectivity index (χ4n) is 2.54. The molecular weight excluding hydrogens is 364 g/mol. The lowest BCUT2D eigenvalue weighted by molar-refractivity contribution is 0.0600. The van der Waals surface area contributed by atoms with E-state index in [4.69, 9.17) is 16.3 Å². The number of hydrogen-bond acceptors (Lipinski definition) is 5. The lowest BCUT2D eigenvalue weighted by Crippen LogP contribution is -2.01. The first-order valence-electron chi connectivity index (χ1n) is 7.21. The minimum absolute atomic E-state index is 0.340. The molecule has 0 aliphatic carbocycles. The van der Waals surface area contributed by atoms with Gasteiger partial charge in [0.15, 0.2) is 5.16 Å². The first-order chi connectivity index (χ1) is 12.0. The molecule has 0 radical (unpaired) electrons. The molecule has 0 unspecified atom stereocenters. The summed E-state index contributed by atoms with van der Waals surface area (Å²) in [6.07, 6.45) is 0. The highest BCUT2D eigenvalue weighted by Gasteiger charge is 2.15. The third-order valence-electron chi connectivity index (χ3n) is 3.64. The van der Waals surface area contributed by atoms with Gasteiger partial charge in [0.05, 0.1) is 34.7 Å². The molecule has 7 nitrogen and oxygen atoms in total. The summed E-state index contributed by atoms with van der Waals surface area (Å²) in [5.41, 5.74) is 2.69. The van der Waals surface area contributed by atoms with Crippen LogP contribution in [0.3, 0.4) is 0 Å². The molecule has 9 heteroatoms. The van der Waals surface area contributed by atoms with Crippen LogP contribution in [-0.2, 0) is 4.74 Å². The van der Waals surface area contributed by atoms with Crippen molar-refractivity contribution in [2.45, 2.75) is 10.1 Å². The van der Waals surface area contributed by atoms with Crippen molar-refractivity contribution >= 4 is 51.4 Å². The molecule has 0 spiro atoms. The average molecular weight is 375 g/mol. The number of nitrogens with one attached hydrogen (secondary N) is 3. The predicted molar refractivity (Wildman–Crippen MR) is 95.5 cm³/mol. The normalized spacial score (nSPS) is 11.3. The van der Waals surface area contributed by atoms with E-state index in [-0.39, 0.29) is 5.69 Å². The SMILES string of the molecule is COC(=O)c1cc(Sc2nc3ccc(Cl)cc3[nH]2)c2[nH]c(=O)[nH]c2c1. The highest BCUT2D eigenvalue weighted by molar-refractivity contribution is 7.99. The molecule has 0 aliphatic heterocycles. The Morgan fingerprint density at radius 2 is 2.00 bits per heavy atom. The number of carbonyl (C=O) groups is 1. The fraction of sp³-hybridized carbons (Fsp3) is 0.0625. The van der Waals surface area contributed by atoms with Crippen LogP contribution < -0.4 is 5.69 Å². The van der Waals surface area contributed by atoms with Crippen molar-refractivity contribution in [2.75, 3.05) is 7.11 Å². The highest BCUT2D eigenvalue weighted by atomic mass is 35.5. The fourth-order valence-corrected chi connectivity index (χ4v) is 3.67. The second-order valence-electron chi connectivity index (χ2n) is 5.27. The Balaban J connectivity index is 1.83. The van der Waals surface area contributed by atoms with E-state index in [0.717, 1.165) is 11.0 Å². The molecule has 4 aromatic rings. The number of benzene rings is 2. The molecule has 0 bridgehead atoms. The number of halogens is 1. The van der Waals surface area contributed by atoms with Crippen LogP contribution in [0, 0.1) is 0 Å². The van der Waals surface area contributed by atoms with Crippen LogP contribution >= 0.6 is 23.4 Å². The number of ether oxygens (including phenoxy) is 1. The summed E-state index contributed by atoms with van der Waals surface area (Å²) in [5.74, 6) is -0.484. The molecule has 2 heterocycles. The summed E-state index contributed by atoms with van der Waals surface area (Å²) in [6.45, 7) is 0. The Morgan fingerprint density at radius 3 is 2.80 bits per heavy atom. The van der Waals surface area contributed by atoms with Crippen LogP contribution in [0.15, 0.2) is 45.2 Å². The molecule has 0 aliphatic rings. The van der Waals surface area contributed by atoms with Gasteiger partial charge in [-0.15, -0.1) is 0 Å². The Labute approximate surface area is 149 Å². The molecule has 0 amide bonds. The van der Waals surface area contributed by atoms with E-state index in [1.807, 2.05) is 6.07 Å². The smallest absolute Gasteiger partial charge is 0.337 e. The monoisotopic (exact) mass is 374 g/mol. The van der Waals surface area contributed by atoms with E-state index in [9.17, 15) is 9.59 Å². The Bertz CT molecular complexity index is 1180.